The molecule has 0 spiro atoms. The smallest absolute Gasteiger partial charge is 0.339 e. The zero-order valence-electron chi connectivity index (χ0n) is 11.5. The zero-order chi connectivity index (χ0) is 15.3. The molecule has 0 heterocycles. The lowest BCUT2D eigenvalue weighted by Gasteiger charge is -2.22. The molecular formula is C13H16INO5. The number of nitrogens with zero attached hydrogens (tertiary/aromatic N) is 1. The lowest BCUT2D eigenvalue weighted by Crippen LogP contribution is -2.25. The molecule has 1 rings (SSSR count). The zero-order valence-corrected chi connectivity index (χ0v) is 13.7. The molecular weight excluding hydrogens is 377 g/mol. The second-order valence-corrected chi connectivity index (χ2v) is 5.93. The summed E-state index contributed by atoms with van der Waals surface area (Å²) in [4.78, 5) is 22.1. The highest BCUT2D eigenvalue weighted by molar-refractivity contribution is 14.1. The summed E-state index contributed by atoms with van der Waals surface area (Å²) in [7, 11) is 1.59. The molecule has 20 heavy (non-hydrogen) atoms. The minimum atomic E-state index is -0.565. The van der Waals surface area contributed by atoms with E-state index in [1.807, 2.05) is 36.4 Å². The SMILES string of the molecule is COC(C)(C)CCOC(=O)c1cc([N+](=O)[O-])ccc1I. The standard InChI is InChI=1S/C13H16INO5/c1-13(2,19-3)6-7-20-12(16)10-8-9(15(17)18)4-5-11(10)14/h4-5,8H,6-7H2,1-3H3. The van der Waals surface area contributed by atoms with Crippen LogP contribution in [0, 0.1) is 13.7 Å². The van der Waals surface area contributed by atoms with E-state index in [9.17, 15) is 14.9 Å². The molecule has 0 bridgehead atoms. The van der Waals surface area contributed by atoms with Gasteiger partial charge in [-0.15, -0.1) is 0 Å². The van der Waals surface area contributed by atoms with Gasteiger partial charge in [0.05, 0.1) is 22.7 Å². The van der Waals surface area contributed by atoms with Crippen molar-refractivity contribution in [2.75, 3.05) is 13.7 Å². The van der Waals surface area contributed by atoms with Gasteiger partial charge in [-0.05, 0) is 42.5 Å². The number of halogens is 1. The fourth-order valence-corrected chi connectivity index (χ4v) is 1.91. The summed E-state index contributed by atoms with van der Waals surface area (Å²) in [5.41, 5.74) is -0.305. The van der Waals surface area contributed by atoms with Gasteiger partial charge in [0.15, 0.2) is 0 Å². The summed E-state index contributed by atoms with van der Waals surface area (Å²) in [6.45, 7) is 3.97. The van der Waals surface area contributed by atoms with Gasteiger partial charge in [-0.3, -0.25) is 10.1 Å². The molecule has 0 N–H and O–H groups in total. The van der Waals surface area contributed by atoms with Crippen LogP contribution < -0.4 is 0 Å². The quantitative estimate of drug-likeness (QED) is 0.321. The second-order valence-electron chi connectivity index (χ2n) is 4.77. The van der Waals surface area contributed by atoms with Gasteiger partial charge in [0.25, 0.3) is 5.69 Å². The van der Waals surface area contributed by atoms with E-state index < -0.39 is 10.9 Å². The molecule has 1 aromatic rings. The van der Waals surface area contributed by atoms with Gasteiger partial charge in [-0.25, -0.2) is 4.79 Å². The maximum atomic E-state index is 11.9. The molecule has 0 saturated carbocycles. The first-order valence-corrected chi connectivity index (χ1v) is 7.01. The second kappa shape index (κ2) is 6.98. The molecule has 110 valence electrons. The monoisotopic (exact) mass is 393 g/mol. The van der Waals surface area contributed by atoms with E-state index in [0.29, 0.717) is 9.99 Å². The topological polar surface area (TPSA) is 78.7 Å². The Morgan fingerprint density at radius 3 is 2.65 bits per heavy atom. The number of carbonyl (C=O) groups excluding carboxylic acids is 1. The van der Waals surface area contributed by atoms with E-state index in [-0.39, 0.29) is 23.5 Å². The Hall–Kier alpha value is -1.22. The number of benzene rings is 1. The summed E-state index contributed by atoms with van der Waals surface area (Å²) in [6, 6.07) is 4.10. The van der Waals surface area contributed by atoms with E-state index >= 15 is 0 Å². The van der Waals surface area contributed by atoms with Crippen LogP contribution in [0.5, 0.6) is 0 Å². The van der Waals surface area contributed by atoms with Gasteiger partial charge in [0, 0.05) is 29.2 Å². The summed E-state index contributed by atoms with van der Waals surface area (Å²) >= 11 is 1.94. The molecule has 0 aliphatic rings. The molecule has 0 fully saturated rings. The number of ether oxygens (including phenoxy) is 2. The average molecular weight is 393 g/mol. The normalized spacial score (nSPS) is 11.2. The highest BCUT2D eigenvalue weighted by Gasteiger charge is 2.20. The first kappa shape index (κ1) is 16.8. The fourth-order valence-electron chi connectivity index (χ4n) is 1.35. The number of hydrogen-bond acceptors (Lipinski definition) is 5. The largest absolute Gasteiger partial charge is 0.462 e. The van der Waals surface area contributed by atoms with E-state index in [0.717, 1.165) is 0 Å². The Labute approximate surface area is 130 Å². The predicted octanol–water partition coefficient (Wildman–Crippen LogP) is 3.17. The van der Waals surface area contributed by atoms with Crippen LogP contribution in [0.15, 0.2) is 18.2 Å². The van der Waals surface area contributed by atoms with Crippen LogP contribution in [0.25, 0.3) is 0 Å². The number of nitro benzene ring substituents is 1. The Bertz CT molecular complexity index is 515. The molecule has 0 aliphatic carbocycles. The van der Waals surface area contributed by atoms with E-state index in [1.165, 1.54) is 18.2 Å². The van der Waals surface area contributed by atoms with Crippen LogP contribution >= 0.6 is 22.6 Å². The minimum Gasteiger partial charge on any atom is -0.462 e. The molecule has 6 nitrogen and oxygen atoms in total. The third-order valence-electron chi connectivity index (χ3n) is 2.87. The summed E-state index contributed by atoms with van der Waals surface area (Å²) in [6.07, 6.45) is 0.542. The maximum Gasteiger partial charge on any atom is 0.339 e. The Kier molecular flexibility index (Phi) is 5.88. The van der Waals surface area contributed by atoms with Crippen LogP contribution in [0.1, 0.15) is 30.6 Å². The van der Waals surface area contributed by atoms with Gasteiger partial charge < -0.3 is 9.47 Å². The molecule has 0 aromatic heterocycles. The van der Waals surface area contributed by atoms with Crippen molar-refractivity contribution >= 4 is 34.2 Å². The minimum absolute atomic E-state index is 0.130. The lowest BCUT2D eigenvalue weighted by molar-refractivity contribution is -0.384. The fraction of sp³-hybridized carbons (Fsp3) is 0.462. The average Bonchev–Trinajstić information content (AvgIpc) is 2.38. The van der Waals surface area contributed by atoms with Crippen molar-refractivity contribution in [2.24, 2.45) is 0 Å². The van der Waals surface area contributed by atoms with Crippen molar-refractivity contribution in [3.63, 3.8) is 0 Å². The van der Waals surface area contributed by atoms with Crippen molar-refractivity contribution in [3.05, 3.63) is 37.4 Å². The van der Waals surface area contributed by atoms with Crippen molar-refractivity contribution in [2.45, 2.75) is 25.9 Å². The van der Waals surface area contributed by atoms with E-state index in [1.54, 1.807) is 7.11 Å². The van der Waals surface area contributed by atoms with Crippen LogP contribution in [-0.2, 0) is 9.47 Å². The number of carbonyl (C=O) groups is 1. The molecule has 0 saturated heterocycles. The summed E-state index contributed by atoms with van der Waals surface area (Å²) in [5, 5.41) is 10.7. The highest BCUT2D eigenvalue weighted by atomic mass is 127. The summed E-state index contributed by atoms with van der Waals surface area (Å²) in [5.74, 6) is -0.565. The van der Waals surface area contributed by atoms with Crippen molar-refractivity contribution in [3.8, 4) is 0 Å². The molecule has 0 atom stereocenters. The molecule has 0 radical (unpaired) electrons. The predicted molar refractivity (Wildman–Crippen MR) is 81.8 cm³/mol. The van der Waals surface area contributed by atoms with Gasteiger partial charge in [0.2, 0.25) is 0 Å². The Morgan fingerprint density at radius 2 is 2.10 bits per heavy atom. The Balaban J connectivity index is 2.73. The Morgan fingerprint density at radius 1 is 1.45 bits per heavy atom. The highest BCUT2D eigenvalue weighted by Crippen LogP contribution is 2.21. The third kappa shape index (κ3) is 4.71. The lowest BCUT2D eigenvalue weighted by atomic mass is 10.1. The molecule has 0 aliphatic heterocycles. The van der Waals surface area contributed by atoms with Gasteiger partial charge in [-0.1, -0.05) is 0 Å². The van der Waals surface area contributed by atoms with Gasteiger partial charge >= 0.3 is 5.97 Å². The first-order chi connectivity index (χ1) is 9.26. The number of nitro groups is 1. The van der Waals surface area contributed by atoms with Gasteiger partial charge in [0.1, 0.15) is 0 Å². The number of non-ortho nitro benzene ring substituents is 1. The van der Waals surface area contributed by atoms with Gasteiger partial charge in [-0.2, -0.15) is 0 Å². The molecule has 1 aromatic carbocycles. The first-order valence-electron chi connectivity index (χ1n) is 5.93. The third-order valence-corrected chi connectivity index (χ3v) is 3.81. The van der Waals surface area contributed by atoms with Crippen molar-refractivity contribution in [1.29, 1.82) is 0 Å². The molecule has 7 heteroatoms. The van der Waals surface area contributed by atoms with Crippen LogP contribution in [0.2, 0.25) is 0 Å². The van der Waals surface area contributed by atoms with E-state index in [2.05, 4.69) is 0 Å². The molecule has 0 unspecified atom stereocenters. The van der Waals surface area contributed by atoms with Crippen LogP contribution in [0.3, 0.4) is 0 Å². The number of hydrogen-bond donors (Lipinski definition) is 0. The van der Waals surface area contributed by atoms with Crippen molar-refractivity contribution < 1.29 is 19.2 Å². The van der Waals surface area contributed by atoms with Crippen LogP contribution in [-0.4, -0.2) is 30.2 Å². The maximum absolute atomic E-state index is 11.9. The summed E-state index contributed by atoms with van der Waals surface area (Å²) < 4.78 is 11.0. The number of methoxy groups -OCH3 is 1. The van der Waals surface area contributed by atoms with Crippen molar-refractivity contribution in [1.82, 2.24) is 0 Å². The van der Waals surface area contributed by atoms with E-state index in [4.69, 9.17) is 9.47 Å². The molecule has 0 amide bonds. The van der Waals surface area contributed by atoms with Crippen LogP contribution in [0.4, 0.5) is 5.69 Å². The number of rotatable bonds is 6. The number of esters is 1.